The number of benzene rings is 1. The number of hydrogen-bond donors (Lipinski definition) is 1. The highest BCUT2D eigenvalue weighted by atomic mass is 35.5. The van der Waals surface area contributed by atoms with Crippen LogP contribution in [0.3, 0.4) is 0 Å². The van der Waals surface area contributed by atoms with Crippen LogP contribution >= 0.6 is 34.8 Å². The van der Waals surface area contributed by atoms with E-state index in [1.165, 1.54) is 18.2 Å². The zero-order valence-electron chi connectivity index (χ0n) is 12.0. The van der Waals surface area contributed by atoms with Gasteiger partial charge in [0.15, 0.2) is 0 Å². The van der Waals surface area contributed by atoms with Gasteiger partial charge in [-0.2, -0.15) is 0 Å². The van der Waals surface area contributed by atoms with Crippen LogP contribution in [-0.4, -0.2) is 46.6 Å². The van der Waals surface area contributed by atoms with Crippen molar-refractivity contribution in [3.8, 4) is 0 Å². The molecule has 0 radical (unpaired) electrons. The summed E-state index contributed by atoms with van der Waals surface area (Å²) < 4.78 is 0. The van der Waals surface area contributed by atoms with E-state index in [2.05, 4.69) is 11.9 Å². The Morgan fingerprint density at radius 1 is 1.08 bits per heavy atom. The molecule has 0 atom stereocenters. The van der Waals surface area contributed by atoms with Crippen molar-refractivity contribution in [3.05, 3.63) is 39.9 Å². The molecule has 2 rings (SSSR count). The molecule has 1 aromatic rings. The van der Waals surface area contributed by atoms with E-state index in [4.69, 9.17) is 34.8 Å². The highest BCUT2D eigenvalue weighted by Crippen LogP contribution is 2.33. The molecule has 1 aromatic carbocycles. The predicted molar refractivity (Wildman–Crippen MR) is 89.1 cm³/mol. The zero-order valence-corrected chi connectivity index (χ0v) is 14.3. The van der Waals surface area contributed by atoms with E-state index in [0.717, 1.165) is 0 Å². The van der Waals surface area contributed by atoms with Gasteiger partial charge in [-0.15, -0.1) is 6.58 Å². The van der Waals surface area contributed by atoms with Gasteiger partial charge in [0.05, 0.1) is 15.7 Å². The first-order valence-corrected chi connectivity index (χ1v) is 7.62. The summed E-state index contributed by atoms with van der Waals surface area (Å²) in [6.45, 7) is 2.60. The lowest BCUT2D eigenvalue weighted by Crippen LogP contribution is -2.39. The van der Waals surface area contributed by atoms with Crippen molar-refractivity contribution in [2.24, 2.45) is 0 Å². The molecule has 0 bridgehead atoms. The lowest BCUT2D eigenvalue weighted by molar-refractivity contribution is -0.143. The SMILES string of the molecule is C=CCN1C(=O)C(=O)N(CC(=O)Nc2c(Cl)cc(Cl)cc2Cl)C1=O. The minimum atomic E-state index is -1.09. The maximum atomic E-state index is 12.1. The molecule has 24 heavy (non-hydrogen) atoms. The standard InChI is InChI=1S/C14H10Cl3N3O4/c1-2-3-19-12(22)13(23)20(14(19)24)6-10(21)18-11-8(16)4-7(15)5-9(11)17/h2,4-5H,1,3,6H2,(H,18,21). The van der Waals surface area contributed by atoms with Crippen LogP contribution in [0.4, 0.5) is 10.5 Å². The molecule has 10 heteroatoms. The quantitative estimate of drug-likeness (QED) is 0.475. The van der Waals surface area contributed by atoms with E-state index in [9.17, 15) is 19.2 Å². The van der Waals surface area contributed by atoms with Crippen LogP contribution in [0.25, 0.3) is 0 Å². The first-order chi connectivity index (χ1) is 11.3. The third-order valence-electron chi connectivity index (χ3n) is 3.02. The predicted octanol–water partition coefficient (Wildman–Crippen LogP) is 2.56. The lowest BCUT2D eigenvalue weighted by Gasteiger charge is -2.15. The summed E-state index contributed by atoms with van der Waals surface area (Å²) in [5.41, 5.74) is 0.0844. The molecular weight excluding hydrogens is 381 g/mol. The second kappa shape index (κ2) is 7.21. The maximum Gasteiger partial charge on any atom is 0.335 e. The third-order valence-corrected chi connectivity index (χ3v) is 3.83. The van der Waals surface area contributed by atoms with E-state index < -0.39 is 30.3 Å². The molecule has 1 heterocycles. The van der Waals surface area contributed by atoms with E-state index in [1.54, 1.807) is 0 Å². The number of hydrogen-bond acceptors (Lipinski definition) is 4. The van der Waals surface area contributed by atoms with Gasteiger partial charge in [0.25, 0.3) is 0 Å². The third kappa shape index (κ3) is 3.53. The smallest absolute Gasteiger partial charge is 0.322 e. The first-order valence-electron chi connectivity index (χ1n) is 6.49. The number of carbonyl (C=O) groups excluding carboxylic acids is 4. The number of nitrogens with zero attached hydrogens (tertiary/aromatic N) is 2. The number of amides is 5. The molecule has 7 nitrogen and oxygen atoms in total. The summed E-state index contributed by atoms with van der Waals surface area (Å²) in [5.74, 6) is -2.86. The van der Waals surface area contributed by atoms with E-state index in [-0.39, 0.29) is 27.3 Å². The Balaban J connectivity index is 2.13. The zero-order chi connectivity index (χ0) is 18.0. The van der Waals surface area contributed by atoms with Gasteiger partial charge >= 0.3 is 17.8 Å². The van der Waals surface area contributed by atoms with Crippen LogP contribution in [0.2, 0.25) is 15.1 Å². The molecule has 0 aliphatic carbocycles. The van der Waals surface area contributed by atoms with Gasteiger partial charge in [-0.3, -0.25) is 19.3 Å². The summed E-state index contributed by atoms with van der Waals surface area (Å²) in [4.78, 5) is 48.7. The summed E-state index contributed by atoms with van der Waals surface area (Å²) in [6, 6.07) is 1.84. The minimum Gasteiger partial charge on any atom is -0.322 e. The van der Waals surface area contributed by atoms with Gasteiger partial charge in [0, 0.05) is 11.6 Å². The average Bonchev–Trinajstić information content (AvgIpc) is 2.69. The van der Waals surface area contributed by atoms with Crippen molar-refractivity contribution in [3.63, 3.8) is 0 Å². The Kier molecular flexibility index (Phi) is 5.48. The second-order valence-corrected chi connectivity index (χ2v) is 5.92. The van der Waals surface area contributed by atoms with Crippen LogP contribution in [0.1, 0.15) is 0 Å². The summed E-state index contributed by atoms with van der Waals surface area (Å²) in [6.07, 6.45) is 1.29. The van der Waals surface area contributed by atoms with Gasteiger partial charge in [-0.05, 0) is 12.1 Å². The molecular formula is C14H10Cl3N3O4. The average molecular weight is 391 g/mol. The Hall–Kier alpha value is -2.09. The van der Waals surface area contributed by atoms with E-state index in [1.807, 2.05) is 0 Å². The molecule has 126 valence electrons. The molecule has 0 unspecified atom stereocenters. The second-order valence-electron chi connectivity index (χ2n) is 4.67. The fraction of sp³-hybridized carbons (Fsp3) is 0.143. The lowest BCUT2D eigenvalue weighted by atomic mass is 10.3. The van der Waals surface area contributed by atoms with Gasteiger partial charge in [0.2, 0.25) is 5.91 Å². The van der Waals surface area contributed by atoms with Crippen molar-refractivity contribution < 1.29 is 19.2 Å². The normalized spacial score (nSPS) is 14.4. The minimum absolute atomic E-state index is 0.0844. The molecule has 0 saturated carbocycles. The topological polar surface area (TPSA) is 86.8 Å². The van der Waals surface area contributed by atoms with Gasteiger partial charge in [-0.25, -0.2) is 9.69 Å². The van der Waals surface area contributed by atoms with Crippen molar-refractivity contribution in [1.82, 2.24) is 9.80 Å². The number of halogens is 3. The monoisotopic (exact) mass is 389 g/mol. The van der Waals surface area contributed by atoms with Crippen LogP contribution in [0.5, 0.6) is 0 Å². The molecule has 1 aliphatic heterocycles. The molecule has 1 aliphatic rings. The summed E-state index contributed by atoms with van der Waals surface area (Å²) in [5, 5.41) is 2.83. The number of imide groups is 2. The fourth-order valence-corrected chi connectivity index (χ4v) is 2.88. The van der Waals surface area contributed by atoms with Crippen molar-refractivity contribution in [2.45, 2.75) is 0 Å². The van der Waals surface area contributed by atoms with Crippen LogP contribution < -0.4 is 5.32 Å². The van der Waals surface area contributed by atoms with Crippen molar-refractivity contribution in [1.29, 1.82) is 0 Å². The molecule has 5 amide bonds. The Morgan fingerprint density at radius 2 is 1.62 bits per heavy atom. The number of carbonyl (C=O) groups is 4. The number of rotatable bonds is 5. The highest BCUT2D eigenvalue weighted by molar-refractivity contribution is 6.45. The van der Waals surface area contributed by atoms with Crippen molar-refractivity contribution >= 4 is 64.2 Å². The van der Waals surface area contributed by atoms with Crippen molar-refractivity contribution in [2.75, 3.05) is 18.4 Å². The molecule has 0 aromatic heterocycles. The Labute approximate surface area is 151 Å². The summed E-state index contributed by atoms with van der Waals surface area (Å²) >= 11 is 17.6. The molecule has 1 N–H and O–H groups in total. The van der Waals surface area contributed by atoms with Gasteiger partial charge < -0.3 is 5.32 Å². The number of nitrogens with one attached hydrogen (secondary N) is 1. The van der Waals surface area contributed by atoms with E-state index >= 15 is 0 Å². The number of anilines is 1. The molecule has 1 saturated heterocycles. The van der Waals surface area contributed by atoms with E-state index in [0.29, 0.717) is 9.80 Å². The summed E-state index contributed by atoms with van der Waals surface area (Å²) in [7, 11) is 0. The Bertz CT molecular complexity index is 743. The molecule has 1 fully saturated rings. The number of urea groups is 1. The largest absolute Gasteiger partial charge is 0.335 e. The van der Waals surface area contributed by atoms with Gasteiger partial charge in [-0.1, -0.05) is 40.9 Å². The van der Waals surface area contributed by atoms with Crippen LogP contribution in [0, 0.1) is 0 Å². The fourth-order valence-electron chi connectivity index (χ4n) is 1.96. The van der Waals surface area contributed by atoms with Gasteiger partial charge in [0.1, 0.15) is 6.54 Å². The van der Waals surface area contributed by atoms with Crippen LogP contribution in [0.15, 0.2) is 24.8 Å². The maximum absolute atomic E-state index is 12.1. The Morgan fingerprint density at radius 3 is 2.17 bits per heavy atom. The first kappa shape index (κ1) is 18.3. The van der Waals surface area contributed by atoms with Crippen LogP contribution in [-0.2, 0) is 14.4 Å². The highest BCUT2D eigenvalue weighted by Gasteiger charge is 2.44. The molecule has 0 spiro atoms.